The standard InChI is InChI=1S/C21H29NO9/c1-5-6-9-28-20(27)29-13(2)11-21(22,19(25)26)12-16-7-8-17(30-14(3)23)18(10-16)31-15(4)24/h7-8,10,13H,5-6,9,11-12,22H2,1-4H3,(H,25,26)/t13-,21?/m0/s1. The average Bonchev–Trinajstić information content (AvgIpc) is 2.62. The minimum absolute atomic E-state index is 0.0101. The van der Waals surface area contributed by atoms with Crippen LogP contribution in [0.1, 0.15) is 52.5 Å². The van der Waals surface area contributed by atoms with Gasteiger partial charge >= 0.3 is 24.1 Å². The third kappa shape index (κ3) is 9.04. The largest absolute Gasteiger partial charge is 0.508 e. The van der Waals surface area contributed by atoms with E-state index in [1.807, 2.05) is 6.92 Å². The lowest BCUT2D eigenvalue weighted by Crippen LogP contribution is -2.52. The van der Waals surface area contributed by atoms with Crippen molar-refractivity contribution in [3.05, 3.63) is 23.8 Å². The van der Waals surface area contributed by atoms with Gasteiger partial charge in [0, 0.05) is 26.7 Å². The maximum Gasteiger partial charge on any atom is 0.508 e. The summed E-state index contributed by atoms with van der Waals surface area (Å²) in [5.74, 6) is -2.60. The molecule has 10 heteroatoms. The number of carbonyl (C=O) groups is 4. The molecule has 172 valence electrons. The number of hydrogen-bond donors (Lipinski definition) is 2. The van der Waals surface area contributed by atoms with Crippen LogP contribution in [0, 0.1) is 0 Å². The number of benzene rings is 1. The van der Waals surface area contributed by atoms with Gasteiger partial charge in [-0.05, 0) is 31.0 Å². The Bertz CT molecular complexity index is 808. The third-order valence-corrected chi connectivity index (χ3v) is 4.13. The lowest BCUT2D eigenvalue weighted by molar-refractivity contribution is -0.144. The SMILES string of the molecule is CCCCOC(=O)O[C@@H](C)CC(N)(Cc1ccc(OC(C)=O)c(OC(C)=O)c1)C(=O)O. The summed E-state index contributed by atoms with van der Waals surface area (Å²) in [6, 6.07) is 4.25. The van der Waals surface area contributed by atoms with Crippen LogP contribution in [-0.4, -0.2) is 47.4 Å². The predicted molar refractivity (Wildman–Crippen MR) is 109 cm³/mol. The number of hydrogen-bond acceptors (Lipinski definition) is 9. The smallest absolute Gasteiger partial charge is 0.480 e. The van der Waals surface area contributed by atoms with Crippen LogP contribution in [0.4, 0.5) is 4.79 Å². The highest BCUT2D eigenvalue weighted by molar-refractivity contribution is 5.79. The van der Waals surface area contributed by atoms with Crippen molar-refractivity contribution in [2.24, 2.45) is 5.73 Å². The zero-order chi connectivity index (χ0) is 23.6. The Morgan fingerprint density at radius 2 is 1.71 bits per heavy atom. The van der Waals surface area contributed by atoms with Crippen LogP contribution in [0.15, 0.2) is 18.2 Å². The number of ether oxygens (including phenoxy) is 4. The number of unbranched alkanes of at least 4 members (excludes halogenated alkanes) is 1. The molecule has 3 N–H and O–H groups in total. The molecule has 0 saturated carbocycles. The van der Waals surface area contributed by atoms with Crippen molar-refractivity contribution in [1.82, 2.24) is 0 Å². The number of nitrogens with two attached hydrogens (primary N) is 1. The number of carbonyl (C=O) groups excluding carboxylic acids is 3. The normalized spacial score (nSPS) is 13.5. The molecule has 1 unspecified atom stereocenters. The molecule has 10 nitrogen and oxygen atoms in total. The van der Waals surface area contributed by atoms with E-state index in [4.69, 9.17) is 24.7 Å². The van der Waals surface area contributed by atoms with Crippen LogP contribution < -0.4 is 15.2 Å². The fourth-order valence-corrected chi connectivity index (χ4v) is 2.79. The van der Waals surface area contributed by atoms with Gasteiger partial charge in [-0.1, -0.05) is 19.4 Å². The van der Waals surface area contributed by atoms with Crippen LogP contribution in [0.3, 0.4) is 0 Å². The molecule has 0 radical (unpaired) electrons. The van der Waals surface area contributed by atoms with Gasteiger partial charge in [-0.25, -0.2) is 4.79 Å². The first-order valence-corrected chi connectivity index (χ1v) is 9.82. The summed E-state index contributed by atoms with van der Waals surface area (Å²) < 4.78 is 20.0. The van der Waals surface area contributed by atoms with Gasteiger partial charge in [0.2, 0.25) is 0 Å². The van der Waals surface area contributed by atoms with Gasteiger partial charge in [-0.3, -0.25) is 14.4 Å². The molecule has 0 amide bonds. The Kier molecular flexibility index (Phi) is 9.94. The Morgan fingerprint density at radius 1 is 1.10 bits per heavy atom. The molecule has 0 aliphatic carbocycles. The summed E-state index contributed by atoms with van der Waals surface area (Å²) in [5, 5.41) is 9.69. The summed E-state index contributed by atoms with van der Waals surface area (Å²) in [4.78, 5) is 46.2. The van der Waals surface area contributed by atoms with Crippen molar-refractivity contribution in [2.75, 3.05) is 6.61 Å². The van der Waals surface area contributed by atoms with E-state index in [2.05, 4.69) is 0 Å². The van der Waals surface area contributed by atoms with Crippen LogP contribution in [0.5, 0.6) is 11.5 Å². The number of carboxylic acids is 1. The molecular weight excluding hydrogens is 410 g/mol. The fourth-order valence-electron chi connectivity index (χ4n) is 2.79. The number of carboxylic acid groups (broad SMARTS) is 1. The van der Waals surface area contributed by atoms with Gasteiger partial charge in [0.1, 0.15) is 11.6 Å². The summed E-state index contributed by atoms with van der Waals surface area (Å²) in [6.07, 6.45) is -0.553. The molecule has 1 aromatic carbocycles. The van der Waals surface area contributed by atoms with Crippen LogP contribution in [-0.2, 0) is 30.3 Å². The van der Waals surface area contributed by atoms with Gasteiger partial charge in [-0.15, -0.1) is 0 Å². The van der Waals surface area contributed by atoms with Crippen LogP contribution in [0.2, 0.25) is 0 Å². The maximum atomic E-state index is 11.9. The van der Waals surface area contributed by atoms with Gasteiger partial charge in [0.15, 0.2) is 11.5 Å². The molecule has 1 rings (SSSR count). The van der Waals surface area contributed by atoms with E-state index in [0.29, 0.717) is 12.0 Å². The predicted octanol–water partition coefficient (Wildman–Crippen LogP) is 2.59. The lowest BCUT2D eigenvalue weighted by Gasteiger charge is -2.28. The molecule has 0 aliphatic rings. The van der Waals surface area contributed by atoms with Gasteiger partial charge < -0.3 is 29.8 Å². The monoisotopic (exact) mass is 439 g/mol. The Morgan fingerprint density at radius 3 is 2.26 bits per heavy atom. The minimum Gasteiger partial charge on any atom is -0.480 e. The third-order valence-electron chi connectivity index (χ3n) is 4.13. The van der Waals surface area contributed by atoms with E-state index in [1.165, 1.54) is 39.0 Å². The van der Waals surface area contributed by atoms with E-state index < -0.39 is 35.7 Å². The first kappa shape index (κ1) is 25.9. The summed E-state index contributed by atoms with van der Waals surface area (Å²) in [5.41, 5.74) is 4.74. The fraction of sp³-hybridized carbons (Fsp3) is 0.524. The molecule has 2 atom stereocenters. The zero-order valence-electron chi connectivity index (χ0n) is 18.1. The Hall–Kier alpha value is -3.14. The van der Waals surface area contributed by atoms with Crippen LogP contribution >= 0.6 is 0 Å². The zero-order valence-corrected chi connectivity index (χ0v) is 18.1. The van der Waals surface area contributed by atoms with Crippen molar-refractivity contribution in [1.29, 1.82) is 0 Å². The lowest BCUT2D eigenvalue weighted by atomic mass is 9.86. The summed E-state index contributed by atoms with van der Waals surface area (Å²) in [6.45, 7) is 6.03. The number of rotatable bonds is 11. The van der Waals surface area contributed by atoms with Crippen molar-refractivity contribution in [3.8, 4) is 11.5 Å². The van der Waals surface area contributed by atoms with Gasteiger partial charge in [0.05, 0.1) is 6.61 Å². The second-order valence-corrected chi connectivity index (χ2v) is 7.19. The molecule has 0 aromatic heterocycles. The van der Waals surface area contributed by atoms with E-state index in [9.17, 15) is 24.3 Å². The van der Waals surface area contributed by atoms with E-state index >= 15 is 0 Å². The highest BCUT2D eigenvalue weighted by Crippen LogP contribution is 2.31. The van der Waals surface area contributed by atoms with Gasteiger partial charge in [0.25, 0.3) is 0 Å². The first-order valence-electron chi connectivity index (χ1n) is 9.82. The quantitative estimate of drug-likeness (QED) is 0.299. The summed E-state index contributed by atoms with van der Waals surface area (Å²) >= 11 is 0. The molecule has 0 saturated heterocycles. The molecular formula is C21H29NO9. The molecule has 0 spiro atoms. The van der Waals surface area contributed by atoms with Crippen molar-refractivity contribution >= 4 is 24.1 Å². The highest BCUT2D eigenvalue weighted by atomic mass is 16.7. The van der Waals surface area contributed by atoms with E-state index in [0.717, 1.165) is 6.42 Å². The Balaban J connectivity index is 2.97. The number of esters is 2. The highest BCUT2D eigenvalue weighted by Gasteiger charge is 2.37. The maximum absolute atomic E-state index is 11.9. The van der Waals surface area contributed by atoms with E-state index in [-0.39, 0.29) is 30.9 Å². The van der Waals surface area contributed by atoms with Crippen molar-refractivity contribution in [3.63, 3.8) is 0 Å². The van der Waals surface area contributed by atoms with E-state index in [1.54, 1.807) is 0 Å². The Labute approximate surface area is 180 Å². The first-order chi connectivity index (χ1) is 14.5. The minimum atomic E-state index is -1.79. The molecule has 0 fully saturated rings. The van der Waals surface area contributed by atoms with Crippen molar-refractivity contribution < 1.29 is 43.2 Å². The van der Waals surface area contributed by atoms with Crippen molar-refractivity contribution in [2.45, 2.75) is 65.0 Å². The molecule has 31 heavy (non-hydrogen) atoms. The molecule has 0 heterocycles. The average molecular weight is 439 g/mol. The summed E-state index contributed by atoms with van der Waals surface area (Å²) in [7, 11) is 0. The second-order valence-electron chi connectivity index (χ2n) is 7.19. The molecule has 0 bridgehead atoms. The molecule has 0 aliphatic heterocycles. The van der Waals surface area contributed by atoms with Crippen LogP contribution in [0.25, 0.3) is 0 Å². The topological polar surface area (TPSA) is 151 Å². The van der Waals surface area contributed by atoms with Gasteiger partial charge in [-0.2, -0.15) is 0 Å². The second kappa shape index (κ2) is 11.9. The molecule has 1 aromatic rings. The number of aliphatic carboxylic acids is 1.